The first kappa shape index (κ1) is 15.1. The van der Waals surface area contributed by atoms with Gasteiger partial charge in [0, 0.05) is 27.4 Å². The van der Waals surface area contributed by atoms with Crippen molar-refractivity contribution in [3.63, 3.8) is 0 Å². The van der Waals surface area contributed by atoms with Crippen LogP contribution in [0.5, 0.6) is 0 Å². The molecule has 0 radical (unpaired) electrons. The minimum absolute atomic E-state index is 0.798. The molecular weight excluding hydrogens is 208 g/mol. The predicted octanol–water partition coefficient (Wildman–Crippen LogP) is 3.08. The van der Waals surface area contributed by atoms with Crippen molar-refractivity contribution < 1.29 is 13.3 Å². The highest BCUT2D eigenvalue weighted by atomic mass is 28.4. The van der Waals surface area contributed by atoms with Crippen LogP contribution in [-0.2, 0) is 13.3 Å². The maximum atomic E-state index is 5.37. The molecule has 0 fully saturated rings. The topological polar surface area (TPSA) is 27.7 Å². The molecule has 0 heterocycles. The van der Waals surface area contributed by atoms with E-state index in [1.165, 1.54) is 19.3 Å². The number of hydrogen-bond donors (Lipinski definition) is 0. The van der Waals surface area contributed by atoms with Gasteiger partial charge < -0.3 is 13.3 Å². The standard InChI is InChI=1S/C11H26O3Si/c1-6-8-11(2)9-7-10-15(12-3,13-4)14-5/h11H,6-10H2,1-5H3/t11-/m0/s1. The lowest BCUT2D eigenvalue weighted by atomic mass is 10.0. The Bertz CT molecular complexity index is 141. The molecule has 15 heavy (non-hydrogen) atoms. The van der Waals surface area contributed by atoms with Gasteiger partial charge in [-0.15, -0.1) is 0 Å². The molecule has 4 heteroatoms. The Balaban J connectivity index is 3.80. The van der Waals surface area contributed by atoms with Crippen LogP contribution in [0.3, 0.4) is 0 Å². The molecule has 0 aliphatic rings. The molecular formula is C11H26O3Si. The average molecular weight is 234 g/mol. The van der Waals surface area contributed by atoms with Crippen molar-refractivity contribution in [3.05, 3.63) is 0 Å². The molecule has 0 aromatic heterocycles. The van der Waals surface area contributed by atoms with Crippen LogP contribution in [0.2, 0.25) is 6.04 Å². The number of hydrogen-bond acceptors (Lipinski definition) is 3. The second-order valence-corrected chi connectivity index (χ2v) is 7.17. The molecule has 0 aliphatic carbocycles. The Morgan fingerprint density at radius 2 is 1.53 bits per heavy atom. The van der Waals surface area contributed by atoms with Crippen LogP contribution in [0.25, 0.3) is 0 Å². The summed E-state index contributed by atoms with van der Waals surface area (Å²) in [5.74, 6) is 0.798. The first-order valence-corrected chi connectivity index (χ1v) is 7.72. The van der Waals surface area contributed by atoms with Gasteiger partial charge in [-0.05, 0) is 12.3 Å². The Kier molecular flexibility index (Phi) is 8.33. The molecule has 0 N–H and O–H groups in total. The molecule has 0 aromatic carbocycles. The van der Waals surface area contributed by atoms with Crippen LogP contribution in [0.1, 0.15) is 39.5 Å². The normalized spacial score (nSPS) is 14.2. The monoisotopic (exact) mass is 234 g/mol. The maximum absolute atomic E-state index is 5.37. The summed E-state index contributed by atoms with van der Waals surface area (Å²) >= 11 is 0. The summed E-state index contributed by atoms with van der Waals surface area (Å²) in [5.41, 5.74) is 0. The highest BCUT2D eigenvalue weighted by Gasteiger charge is 2.36. The smallest absolute Gasteiger partial charge is 0.377 e. The fourth-order valence-corrected chi connectivity index (χ4v) is 3.61. The first-order chi connectivity index (χ1) is 7.14. The Hall–Kier alpha value is 0.0969. The number of rotatable bonds is 9. The molecule has 0 bridgehead atoms. The van der Waals surface area contributed by atoms with Gasteiger partial charge >= 0.3 is 8.80 Å². The lowest BCUT2D eigenvalue weighted by Gasteiger charge is -2.24. The lowest BCUT2D eigenvalue weighted by molar-refractivity contribution is 0.122. The molecule has 0 saturated carbocycles. The summed E-state index contributed by atoms with van der Waals surface area (Å²) in [7, 11) is 2.72. The van der Waals surface area contributed by atoms with E-state index in [4.69, 9.17) is 13.3 Å². The van der Waals surface area contributed by atoms with Crippen LogP contribution in [0.4, 0.5) is 0 Å². The van der Waals surface area contributed by atoms with Crippen molar-refractivity contribution in [2.24, 2.45) is 5.92 Å². The van der Waals surface area contributed by atoms with E-state index in [0.29, 0.717) is 0 Å². The summed E-state index contributed by atoms with van der Waals surface area (Å²) in [4.78, 5) is 0. The van der Waals surface area contributed by atoms with E-state index in [-0.39, 0.29) is 0 Å². The second-order valence-electron chi connectivity index (χ2n) is 4.08. The summed E-state index contributed by atoms with van der Waals surface area (Å²) in [6.07, 6.45) is 4.94. The molecule has 0 amide bonds. The first-order valence-electron chi connectivity index (χ1n) is 5.79. The lowest BCUT2D eigenvalue weighted by Crippen LogP contribution is -2.42. The minimum Gasteiger partial charge on any atom is -0.377 e. The zero-order valence-electron chi connectivity index (χ0n) is 10.8. The predicted molar refractivity (Wildman–Crippen MR) is 64.9 cm³/mol. The van der Waals surface area contributed by atoms with Gasteiger partial charge in [-0.2, -0.15) is 0 Å². The third-order valence-electron chi connectivity index (χ3n) is 2.89. The van der Waals surface area contributed by atoms with Gasteiger partial charge in [0.2, 0.25) is 0 Å². The van der Waals surface area contributed by atoms with Gasteiger partial charge in [-0.3, -0.25) is 0 Å². The average Bonchev–Trinajstić information content (AvgIpc) is 2.25. The van der Waals surface area contributed by atoms with Crippen molar-refractivity contribution in [1.29, 1.82) is 0 Å². The van der Waals surface area contributed by atoms with Crippen LogP contribution >= 0.6 is 0 Å². The van der Waals surface area contributed by atoms with Crippen LogP contribution in [0, 0.1) is 5.92 Å². The Morgan fingerprint density at radius 3 is 1.93 bits per heavy atom. The SMILES string of the molecule is CCC[C@H](C)CCC[Si](OC)(OC)OC. The summed E-state index contributed by atoms with van der Waals surface area (Å²) in [6.45, 7) is 4.54. The molecule has 0 saturated heterocycles. The Morgan fingerprint density at radius 1 is 1.00 bits per heavy atom. The van der Waals surface area contributed by atoms with Gasteiger partial charge in [0.1, 0.15) is 0 Å². The third-order valence-corrected chi connectivity index (χ3v) is 5.73. The minimum atomic E-state index is -2.31. The van der Waals surface area contributed by atoms with E-state index in [0.717, 1.165) is 18.4 Å². The van der Waals surface area contributed by atoms with Crippen molar-refractivity contribution in [3.8, 4) is 0 Å². The summed E-state index contributed by atoms with van der Waals surface area (Å²) in [6, 6.07) is 0.921. The third kappa shape index (κ3) is 5.66. The van der Waals surface area contributed by atoms with Crippen LogP contribution < -0.4 is 0 Å². The van der Waals surface area contributed by atoms with Crippen molar-refractivity contribution in [2.45, 2.75) is 45.6 Å². The van der Waals surface area contributed by atoms with E-state index >= 15 is 0 Å². The highest BCUT2D eigenvalue weighted by molar-refractivity contribution is 6.60. The fourth-order valence-electron chi connectivity index (χ4n) is 1.86. The quantitative estimate of drug-likeness (QED) is 0.574. The highest BCUT2D eigenvalue weighted by Crippen LogP contribution is 2.20. The maximum Gasteiger partial charge on any atom is 0.500 e. The largest absolute Gasteiger partial charge is 0.500 e. The van der Waals surface area contributed by atoms with Crippen LogP contribution in [-0.4, -0.2) is 30.1 Å². The van der Waals surface area contributed by atoms with Crippen molar-refractivity contribution in [2.75, 3.05) is 21.3 Å². The molecule has 3 nitrogen and oxygen atoms in total. The van der Waals surface area contributed by atoms with Crippen molar-refractivity contribution in [1.82, 2.24) is 0 Å². The van der Waals surface area contributed by atoms with E-state index in [1.807, 2.05) is 0 Å². The molecule has 0 rings (SSSR count). The zero-order chi connectivity index (χ0) is 11.7. The molecule has 0 spiro atoms. The zero-order valence-corrected chi connectivity index (χ0v) is 11.8. The molecule has 0 aromatic rings. The fraction of sp³-hybridized carbons (Fsp3) is 1.00. The van der Waals surface area contributed by atoms with E-state index < -0.39 is 8.80 Å². The van der Waals surface area contributed by atoms with E-state index in [9.17, 15) is 0 Å². The van der Waals surface area contributed by atoms with E-state index in [2.05, 4.69) is 13.8 Å². The van der Waals surface area contributed by atoms with Crippen molar-refractivity contribution >= 4 is 8.80 Å². The Labute approximate surface area is 95.5 Å². The van der Waals surface area contributed by atoms with Gasteiger partial charge in [0.25, 0.3) is 0 Å². The molecule has 92 valence electrons. The molecule has 0 unspecified atom stereocenters. The summed E-state index contributed by atoms with van der Waals surface area (Å²) in [5, 5.41) is 0. The van der Waals surface area contributed by atoms with Gasteiger partial charge in [0.05, 0.1) is 0 Å². The summed E-state index contributed by atoms with van der Waals surface area (Å²) < 4.78 is 16.1. The molecule has 0 aliphatic heterocycles. The van der Waals surface area contributed by atoms with Gasteiger partial charge in [-0.1, -0.05) is 33.1 Å². The van der Waals surface area contributed by atoms with Gasteiger partial charge in [-0.25, -0.2) is 0 Å². The molecule has 1 atom stereocenters. The second kappa shape index (κ2) is 8.27. The van der Waals surface area contributed by atoms with Gasteiger partial charge in [0.15, 0.2) is 0 Å². The van der Waals surface area contributed by atoms with Crippen LogP contribution in [0.15, 0.2) is 0 Å². The van der Waals surface area contributed by atoms with E-state index in [1.54, 1.807) is 21.3 Å².